The lowest BCUT2D eigenvalue weighted by atomic mass is 9.94. The van der Waals surface area contributed by atoms with Gasteiger partial charge in [-0.3, -0.25) is 10.1 Å². The van der Waals surface area contributed by atoms with Gasteiger partial charge in [-0.1, -0.05) is 5.21 Å². The van der Waals surface area contributed by atoms with Crippen molar-refractivity contribution in [2.45, 2.75) is 44.6 Å². The van der Waals surface area contributed by atoms with E-state index in [-0.39, 0.29) is 17.3 Å². The summed E-state index contributed by atoms with van der Waals surface area (Å²) in [4.78, 5) is 7.49. The third-order valence-corrected chi connectivity index (χ3v) is 6.59. The lowest BCUT2D eigenvalue weighted by Crippen LogP contribution is -2.48. The lowest BCUT2D eigenvalue weighted by molar-refractivity contribution is 0.0335. The number of hydrogen-bond donors (Lipinski definition) is 1. The van der Waals surface area contributed by atoms with Gasteiger partial charge in [-0.15, -0.1) is 5.10 Å². The van der Waals surface area contributed by atoms with Crippen LogP contribution in [0.1, 0.15) is 30.9 Å². The minimum atomic E-state index is -0.0786. The van der Waals surface area contributed by atoms with Gasteiger partial charge >= 0.3 is 0 Å². The monoisotopic (exact) mass is 412 g/mol. The number of hydrogen-bond acceptors (Lipinski definition) is 8. The van der Waals surface area contributed by atoms with E-state index in [2.05, 4.69) is 45.3 Å². The van der Waals surface area contributed by atoms with E-state index in [1.165, 1.54) is 5.57 Å². The molecule has 2 aromatic rings. The summed E-state index contributed by atoms with van der Waals surface area (Å²) in [7, 11) is 0. The number of morpholine rings is 1. The average Bonchev–Trinajstić information content (AvgIpc) is 3.46. The first kappa shape index (κ1) is 18.6. The van der Waals surface area contributed by atoms with Crippen LogP contribution in [0.5, 0.6) is 0 Å². The third kappa shape index (κ3) is 3.20. The lowest BCUT2D eigenvalue weighted by Gasteiger charge is -2.37. The van der Waals surface area contributed by atoms with Gasteiger partial charge in [0.1, 0.15) is 11.9 Å². The van der Waals surface area contributed by atoms with Gasteiger partial charge in [-0.2, -0.15) is 5.10 Å². The van der Waals surface area contributed by atoms with Crippen LogP contribution < -0.4 is 0 Å². The fraction of sp³-hybridized carbons (Fsp3) is 0.526. The number of nitrogens with zero attached hydrogens (tertiary/aromatic N) is 7. The molecule has 0 aromatic carbocycles. The normalized spacial score (nSPS) is 26.8. The first-order valence-electron chi connectivity index (χ1n) is 9.94. The van der Waals surface area contributed by atoms with Crippen LogP contribution in [0.4, 0.5) is 0 Å². The van der Waals surface area contributed by atoms with E-state index >= 15 is 0 Å². The van der Waals surface area contributed by atoms with Crippen LogP contribution in [0.15, 0.2) is 27.7 Å². The van der Waals surface area contributed by atoms with Crippen molar-refractivity contribution in [1.29, 1.82) is 0 Å². The van der Waals surface area contributed by atoms with Gasteiger partial charge < -0.3 is 9.64 Å². The molecule has 0 radical (unpaired) electrons. The van der Waals surface area contributed by atoms with E-state index in [1.54, 1.807) is 11.9 Å². The summed E-state index contributed by atoms with van der Waals surface area (Å²) in [6, 6.07) is 2.23. The van der Waals surface area contributed by atoms with Crippen molar-refractivity contribution in [2.24, 2.45) is 9.39 Å². The van der Waals surface area contributed by atoms with Gasteiger partial charge in [0.15, 0.2) is 0 Å². The van der Waals surface area contributed by atoms with Crippen molar-refractivity contribution in [3.05, 3.63) is 35.4 Å². The number of aromatic amines is 1. The third-order valence-electron chi connectivity index (χ3n) is 5.55. The molecule has 5 rings (SSSR count). The number of H-pyrrole nitrogens is 1. The Balaban J connectivity index is 1.58. The van der Waals surface area contributed by atoms with E-state index in [1.807, 2.05) is 23.9 Å². The molecule has 2 unspecified atom stereocenters. The Labute approximate surface area is 173 Å². The molecule has 1 fully saturated rings. The van der Waals surface area contributed by atoms with Crippen LogP contribution in [0.3, 0.4) is 0 Å². The summed E-state index contributed by atoms with van der Waals surface area (Å²) >= 11 is 1.57. The van der Waals surface area contributed by atoms with E-state index in [0.717, 1.165) is 41.7 Å². The molecule has 10 heteroatoms. The summed E-state index contributed by atoms with van der Waals surface area (Å²) < 4.78 is 12.4. The second-order valence-corrected chi connectivity index (χ2v) is 8.41. The predicted octanol–water partition coefficient (Wildman–Crippen LogP) is 1.73. The zero-order chi connectivity index (χ0) is 20.0. The molecule has 29 heavy (non-hydrogen) atoms. The fourth-order valence-electron chi connectivity index (χ4n) is 4.05. The molecule has 9 nitrogen and oxygen atoms in total. The second-order valence-electron chi connectivity index (χ2n) is 7.51. The summed E-state index contributed by atoms with van der Waals surface area (Å²) in [5.41, 5.74) is 5.03. The molecule has 0 amide bonds. The number of fused-ring (bicyclic) bond motifs is 1. The van der Waals surface area contributed by atoms with Gasteiger partial charge in [0.05, 0.1) is 53.5 Å². The Morgan fingerprint density at radius 2 is 2.28 bits per heavy atom. The molecule has 5 heterocycles. The molecule has 3 aliphatic heterocycles. The highest BCUT2D eigenvalue weighted by molar-refractivity contribution is 7.99. The number of amidine groups is 1. The maximum atomic E-state index is 5.64. The molecule has 0 aliphatic carbocycles. The minimum absolute atomic E-state index is 0.0786. The van der Waals surface area contributed by atoms with Crippen LogP contribution in [0, 0.1) is 6.92 Å². The number of aryl methyl sites for hydroxylation is 2. The van der Waals surface area contributed by atoms with Crippen molar-refractivity contribution >= 4 is 29.1 Å². The smallest absolute Gasteiger partial charge is 0.125 e. The Kier molecular flexibility index (Phi) is 4.75. The fourth-order valence-corrected chi connectivity index (χ4v) is 5.09. The predicted molar refractivity (Wildman–Crippen MR) is 113 cm³/mol. The molecular formula is C19H24N8OS. The number of nitrogens with one attached hydrogen (secondary N) is 1. The summed E-state index contributed by atoms with van der Waals surface area (Å²) in [6.07, 6.45) is 4.04. The average molecular weight is 413 g/mol. The van der Waals surface area contributed by atoms with Gasteiger partial charge in [-0.25, -0.2) is 9.08 Å². The topological polar surface area (TPSA) is 96.6 Å². The molecule has 1 N–H and O–H groups in total. The second kappa shape index (κ2) is 7.42. The van der Waals surface area contributed by atoms with Gasteiger partial charge in [0.2, 0.25) is 0 Å². The summed E-state index contributed by atoms with van der Waals surface area (Å²) in [5.74, 6) is 0.979. The van der Waals surface area contributed by atoms with Crippen molar-refractivity contribution in [1.82, 2.24) is 30.1 Å². The van der Waals surface area contributed by atoms with Crippen molar-refractivity contribution in [3.63, 3.8) is 0 Å². The van der Waals surface area contributed by atoms with Crippen molar-refractivity contribution in [2.75, 3.05) is 19.8 Å². The Morgan fingerprint density at radius 3 is 3.03 bits per heavy atom. The molecule has 0 saturated carbocycles. The van der Waals surface area contributed by atoms with Crippen LogP contribution in [-0.2, 0) is 11.3 Å². The largest absolute Gasteiger partial charge is 0.377 e. The number of rotatable bonds is 3. The van der Waals surface area contributed by atoms with Crippen molar-refractivity contribution in [3.8, 4) is 0 Å². The quantitative estimate of drug-likeness (QED) is 0.772. The van der Waals surface area contributed by atoms with Crippen LogP contribution in [0.25, 0.3) is 5.57 Å². The van der Waals surface area contributed by atoms with E-state index in [0.29, 0.717) is 13.2 Å². The van der Waals surface area contributed by atoms with Crippen LogP contribution in [-0.4, -0.2) is 78.7 Å². The standard InChI is InChI=1S/C19H24N8OS/c1-4-27-15(9-20-25-27)13-8-16(26-5-6-28-10-12(26)3)21-18-17(24-29-19(13)18)14-7-11(2)22-23-14/h7-9,12,18-19H,4-6,10H2,1-3H3,(H,22,23)/t12-,18?,19?/m1/s1. The van der Waals surface area contributed by atoms with Crippen molar-refractivity contribution < 1.29 is 4.74 Å². The molecule has 2 aromatic heterocycles. The van der Waals surface area contributed by atoms with Crippen LogP contribution in [0.2, 0.25) is 0 Å². The molecule has 3 aliphatic rings. The molecule has 0 spiro atoms. The van der Waals surface area contributed by atoms with Gasteiger partial charge in [-0.05, 0) is 44.9 Å². The number of aliphatic imine (C=N–C) groups is 1. The molecule has 152 valence electrons. The summed E-state index contributed by atoms with van der Waals surface area (Å²) in [6.45, 7) is 9.25. The molecule has 3 atom stereocenters. The zero-order valence-electron chi connectivity index (χ0n) is 16.7. The van der Waals surface area contributed by atoms with Gasteiger partial charge in [0, 0.05) is 18.7 Å². The highest BCUT2D eigenvalue weighted by Crippen LogP contribution is 2.41. The molecular weight excluding hydrogens is 388 g/mol. The Hall–Kier alpha value is -2.46. The number of dihydropyridines is 1. The van der Waals surface area contributed by atoms with E-state index in [4.69, 9.17) is 14.1 Å². The Bertz CT molecular complexity index is 1010. The maximum absolute atomic E-state index is 5.64. The number of aromatic nitrogens is 5. The first-order chi connectivity index (χ1) is 14.2. The first-order valence-corrected chi connectivity index (χ1v) is 10.8. The highest BCUT2D eigenvalue weighted by atomic mass is 32.2. The van der Waals surface area contributed by atoms with E-state index in [9.17, 15) is 0 Å². The Morgan fingerprint density at radius 1 is 1.38 bits per heavy atom. The minimum Gasteiger partial charge on any atom is -0.377 e. The van der Waals surface area contributed by atoms with Gasteiger partial charge in [0.25, 0.3) is 0 Å². The number of ether oxygens (including phenoxy) is 1. The zero-order valence-corrected chi connectivity index (χ0v) is 17.6. The van der Waals surface area contributed by atoms with E-state index < -0.39 is 0 Å². The molecule has 0 bridgehead atoms. The SMILES string of the molecule is CCn1nncc1C1=CC(N2CCOC[C@H]2C)=NC2C(c3cc(C)n[nH]3)=NSC12. The molecule has 1 saturated heterocycles. The van der Waals surface area contributed by atoms with Crippen LogP contribution >= 0.6 is 11.9 Å². The maximum Gasteiger partial charge on any atom is 0.125 e. The summed E-state index contributed by atoms with van der Waals surface area (Å²) in [5, 5.41) is 15.9. The highest BCUT2D eigenvalue weighted by Gasteiger charge is 2.41.